The predicted octanol–water partition coefficient (Wildman–Crippen LogP) is 7.47. The van der Waals surface area contributed by atoms with E-state index in [1.54, 1.807) is 0 Å². The zero-order valence-corrected chi connectivity index (χ0v) is 24.7. The maximum absolute atomic E-state index is 13.0. The molecule has 11 atom stereocenters. The van der Waals surface area contributed by atoms with E-state index in [9.17, 15) is 15.0 Å². The van der Waals surface area contributed by atoms with Gasteiger partial charge < -0.3 is 15.5 Å². The van der Waals surface area contributed by atoms with Crippen molar-refractivity contribution in [3.8, 4) is 0 Å². The summed E-state index contributed by atoms with van der Waals surface area (Å²) < 4.78 is 0. The minimum atomic E-state index is -0.411. The molecule has 41 heavy (non-hydrogen) atoms. The molecular weight excluding hydrogens is 512 g/mol. The summed E-state index contributed by atoms with van der Waals surface area (Å²) in [5.41, 5.74) is 9.65. The summed E-state index contributed by atoms with van der Waals surface area (Å²) in [5, 5.41) is 32.8. The third-order valence-electron chi connectivity index (χ3n) is 12.6. The van der Waals surface area contributed by atoms with Gasteiger partial charge in [-0.1, -0.05) is 62.3 Å². The van der Waals surface area contributed by atoms with Crippen LogP contribution in [0.4, 0.5) is 5.69 Å². The van der Waals surface area contributed by atoms with Crippen molar-refractivity contribution in [2.24, 2.45) is 51.5 Å². The lowest BCUT2D eigenvalue weighted by Gasteiger charge is -2.63. The number of nitrogens with one attached hydrogen (secondary N) is 1. The number of carbonyl (C=O) groups excluding carboxylic acids is 1. The maximum atomic E-state index is 13.0. The van der Waals surface area contributed by atoms with Crippen molar-refractivity contribution >= 4 is 22.4 Å². The zero-order chi connectivity index (χ0) is 28.9. The lowest BCUT2D eigenvalue weighted by atomic mass is 9.43. The number of fused-ring (bicyclic) bond motifs is 6. The normalized spacial score (nSPS) is 40.5. The number of azide groups is 1. The van der Waals surface area contributed by atoms with Crippen LogP contribution in [0.3, 0.4) is 0 Å². The summed E-state index contributed by atoms with van der Waals surface area (Å²) in [6.45, 7) is 6.92. The fraction of sp³-hybridized carbons (Fsp3) is 0.676. The Hall–Kier alpha value is -2.60. The monoisotopic (exact) mass is 558 g/mol. The Morgan fingerprint density at radius 2 is 1.85 bits per heavy atom. The zero-order valence-electron chi connectivity index (χ0n) is 24.7. The van der Waals surface area contributed by atoms with Gasteiger partial charge in [-0.05, 0) is 115 Å². The van der Waals surface area contributed by atoms with E-state index in [4.69, 9.17) is 5.53 Å². The van der Waals surface area contributed by atoms with Crippen LogP contribution >= 0.6 is 0 Å². The number of nitrogens with zero attached hydrogens (tertiary/aromatic N) is 3. The van der Waals surface area contributed by atoms with Crippen molar-refractivity contribution in [3.63, 3.8) is 0 Å². The van der Waals surface area contributed by atoms with Crippen LogP contribution < -0.4 is 5.32 Å². The van der Waals surface area contributed by atoms with E-state index in [0.717, 1.165) is 67.8 Å². The molecule has 0 unspecified atom stereocenters. The lowest BCUT2D eigenvalue weighted by molar-refractivity contribution is -0.202. The number of carbonyl (C=O) groups is 1. The largest absolute Gasteiger partial charge is 0.393 e. The Labute approximate surface area is 243 Å². The first kappa shape index (κ1) is 28.5. The second-order valence-electron chi connectivity index (χ2n) is 14.3. The first-order valence-electron chi connectivity index (χ1n) is 15.8. The highest BCUT2D eigenvalue weighted by Crippen LogP contribution is 2.68. The van der Waals surface area contributed by atoms with Gasteiger partial charge >= 0.3 is 0 Å². The number of aliphatic hydroxyl groups excluding tert-OH is 2. The molecule has 7 heteroatoms. The average Bonchev–Trinajstić information content (AvgIpc) is 3.32. The Balaban J connectivity index is 1.14. The SMILES string of the molecule is C[C@H](CCC(=O)Nc1cccc2ccccc12)[C@H]1CC[C@H]2[C@@H]3[C@H](O)C[C@@H]4C[C@H](N=[N+]=[N-])CC[C@]4(C)[C@H]3C[C@H](O)[C@]12C. The van der Waals surface area contributed by atoms with Crippen LogP contribution in [0.1, 0.15) is 78.6 Å². The Bertz CT molecular complexity index is 1340. The lowest BCUT2D eigenvalue weighted by Crippen LogP contribution is -2.62. The third-order valence-corrected chi connectivity index (χ3v) is 12.6. The summed E-state index contributed by atoms with van der Waals surface area (Å²) >= 11 is 0. The number of rotatable bonds is 6. The third kappa shape index (κ3) is 4.74. The van der Waals surface area contributed by atoms with Crippen molar-refractivity contribution in [1.82, 2.24) is 0 Å². The molecule has 0 aliphatic heterocycles. The highest BCUT2D eigenvalue weighted by atomic mass is 16.3. The van der Waals surface area contributed by atoms with E-state index in [0.29, 0.717) is 24.2 Å². The van der Waals surface area contributed by atoms with Crippen molar-refractivity contribution in [2.45, 2.75) is 96.8 Å². The molecule has 0 aromatic heterocycles. The van der Waals surface area contributed by atoms with Crippen LogP contribution in [0.15, 0.2) is 47.6 Å². The summed E-state index contributed by atoms with van der Waals surface area (Å²) in [4.78, 5) is 16.1. The topological polar surface area (TPSA) is 118 Å². The van der Waals surface area contributed by atoms with Crippen LogP contribution in [0, 0.1) is 46.3 Å². The van der Waals surface area contributed by atoms with Crippen molar-refractivity contribution in [3.05, 3.63) is 52.9 Å². The molecular formula is C34H46N4O3. The Morgan fingerprint density at radius 3 is 2.66 bits per heavy atom. The molecule has 220 valence electrons. The summed E-state index contributed by atoms with van der Waals surface area (Å²) in [5.74, 6) is 1.77. The van der Waals surface area contributed by atoms with Crippen molar-refractivity contribution in [2.75, 3.05) is 5.32 Å². The van der Waals surface area contributed by atoms with Gasteiger partial charge in [-0.15, -0.1) is 0 Å². The van der Waals surface area contributed by atoms with Gasteiger partial charge in [0.05, 0.1) is 12.2 Å². The fourth-order valence-corrected chi connectivity index (χ4v) is 10.4. The van der Waals surface area contributed by atoms with E-state index < -0.39 is 6.10 Å². The molecule has 0 spiro atoms. The number of aliphatic hydroxyl groups is 2. The summed E-state index contributed by atoms with van der Waals surface area (Å²) in [6, 6.07) is 14.1. The summed E-state index contributed by atoms with van der Waals surface area (Å²) in [6.07, 6.45) is 6.78. The van der Waals surface area contributed by atoms with Gasteiger partial charge in [0.2, 0.25) is 5.91 Å². The van der Waals surface area contributed by atoms with E-state index >= 15 is 0 Å². The van der Waals surface area contributed by atoms with Crippen LogP contribution in [0.25, 0.3) is 21.2 Å². The molecule has 0 radical (unpaired) electrons. The number of amides is 1. The summed E-state index contributed by atoms with van der Waals surface area (Å²) in [7, 11) is 0. The Kier molecular flexibility index (Phi) is 7.59. The van der Waals surface area contributed by atoms with Gasteiger partial charge in [-0.2, -0.15) is 0 Å². The van der Waals surface area contributed by atoms with Gasteiger partial charge in [0.1, 0.15) is 0 Å². The highest BCUT2D eigenvalue weighted by Gasteiger charge is 2.65. The second kappa shape index (κ2) is 10.9. The molecule has 4 fully saturated rings. The quantitative estimate of drug-likeness (QED) is 0.194. The fourth-order valence-electron chi connectivity index (χ4n) is 10.4. The van der Waals surface area contributed by atoms with E-state index in [1.807, 2.05) is 30.3 Å². The van der Waals surface area contributed by atoms with Crippen LogP contribution in [-0.4, -0.2) is 34.4 Å². The predicted molar refractivity (Wildman–Crippen MR) is 162 cm³/mol. The van der Waals surface area contributed by atoms with Crippen molar-refractivity contribution in [1.29, 1.82) is 0 Å². The number of anilines is 1. The molecule has 0 bridgehead atoms. The molecule has 0 heterocycles. The average molecular weight is 559 g/mol. The molecule has 6 rings (SSSR count). The highest BCUT2D eigenvalue weighted by molar-refractivity contribution is 6.02. The molecule has 3 N–H and O–H groups in total. The molecule has 2 aromatic carbocycles. The van der Waals surface area contributed by atoms with Crippen LogP contribution in [0.5, 0.6) is 0 Å². The molecule has 4 aliphatic carbocycles. The first-order valence-corrected chi connectivity index (χ1v) is 15.8. The van der Waals surface area contributed by atoms with E-state index in [1.165, 1.54) is 0 Å². The van der Waals surface area contributed by atoms with Gasteiger partial charge in [0.15, 0.2) is 0 Å². The minimum Gasteiger partial charge on any atom is -0.393 e. The molecule has 4 aliphatic rings. The maximum Gasteiger partial charge on any atom is 0.224 e. The number of benzene rings is 2. The Morgan fingerprint density at radius 1 is 1.07 bits per heavy atom. The minimum absolute atomic E-state index is 0.0233. The molecule has 0 saturated heterocycles. The van der Waals surface area contributed by atoms with E-state index in [-0.39, 0.29) is 46.6 Å². The number of hydrogen-bond acceptors (Lipinski definition) is 4. The van der Waals surface area contributed by atoms with Gasteiger partial charge in [-0.25, -0.2) is 0 Å². The number of hydrogen-bond donors (Lipinski definition) is 3. The molecule has 7 nitrogen and oxygen atoms in total. The first-order chi connectivity index (χ1) is 19.7. The van der Waals surface area contributed by atoms with Gasteiger partial charge in [-0.3, -0.25) is 4.79 Å². The molecule has 1 amide bonds. The van der Waals surface area contributed by atoms with Crippen LogP contribution in [0.2, 0.25) is 0 Å². The molecule has 4 saturated carbocycles. The van der Waals surface area contributed by atoms with Gasteiger partial charge in [0, 0.05) is 28.4 Å². The van der Waals surface area contributed by atoms with Crippen molar-refractivity contribution < 1.29 is 15.0 Å². The van der Waals surface area contributed by atoms with Gasteiger partial charge in [0.25, 0.3) is 0 Å². The molecule has 2 aromatic rings. The van der Waals surface area contributed by atoms with Crippen LogP contribution in [-0.2, 0) is 4.79 Å². The second-order valence-corrected chi connectivity index (χ2v) is 14.3. The standard InChI is InChI=1S/C34H46N4O3/c1-20(11-14-31(41)36-28-10-6-8-21-7-4-5-9-24(21)28)25-12-13-26-32-27(19-30(40)34(25,26)3)33(2)16-15-23(37-38-35)17-22(33)18-29(32)39/h4-10,20,22-23,25-27,29-30,32,39-40H,11-19H2,1-3H3,(H,36,41)/t20-,22+,23-,25-,26+,27+,29-,30+,32+,33+,34-/m1/s1. The van der Waals surface area contributed by atoms with E-state index in [2.05, 4.69) is 48.2 Å². The smallest absolute Gasteiger partial charge is 0.224 e.